The molecule has 1 aromatic carbocycles. The first-order valence-electron chi connectivity index (χ1n) is 4.06. The lowest BCUT2D eigenvalue weighted by Gasteiger charge is -2.05. The third-order valence-corrected chi connectivity index (χ3v) is 1.95. The van der Waals surface area contributed by atoms with Gasteiger partial charge < -0.3 is 4.74 Å². The topological polar surface area (TPSA) is 76.2 Å². The van der Waals surface area contributed by atoms with E-state index in [1.807, 2.05) is 6.07 Å². The molecule has 15 heavy (non-hydrogen) atoms. The Hall–Kier alpha value is -1.61. The second-order valence-corrected chi connectivity index (χ2v) is 3.38. The van der Waals surface area contributed by atoms with Crippen LogP contribution in [0.25, 0.3) is 0 Å². The van der Waals surface area contributed by atoms with Gasteiger partial charge in [0, 0.05) is 11.4 Å². The quantitative estimate of drug-likeness (QED) is 0.478. The highest BCUT2D eigenvalue weighted by atomic mass is 79.9. The van der Waals surface area contributed by atoms with Gasteiger partial charge in [0.25, 0.3) is 5.69 Å². The predicted molar refractivity (Wildman–Crippen MR) is 57.1 cm³/mol. The molecule has 0 fully saturated rings. The van der Waals surface area contributed by atoms with E-state index < -0.39 is 4.92 Å². The molecule has 0 heterocycles. The standard InChI is InChI=1S/C9H7BrN2O3/c10-3-4-15-9-5-8(12(13)14)2-1-7(9)6-11/h1-2,5H,3-4H2. The maximum absolute atomic E-state index is 10.5. The highest BCUT2D eigenvalue weighted by Crippen LogP contribution is 2.24. The van der Waals surface area contributed by atoms with Crippen LogP contribution in [0.4, 0.5) is 5.69 Å². The molecule has 5 nitrogen and oxygen atoms in total. The number of rotatable bonds is 4. The van der Waals surface area contributed by atoms with Gasteiger partial charge in [-0.05, 0) is 6.07 Å². The van der Waals surface area contributed by atoms with Crippen molar-refractivity contribution in [2.75, 3.05) is 11.9 Å². The number of non-ortho nitro benzene ring substituents is 1. The second-order valence-electron chi connectivity index (χ2n) is 2.59. The molecule has 0 aliphatic heterocycles. The fraction of sp³-hybridized carbons (Fsp3) is 0.222. The van der Waals surface area contributed by atoms with Gasteiger partial charge in [0.1, 0.15) is 11.8 Å². The number of nitrogens with zero attached hydrogens (tertiary/aromatic N) is 2. The molecule has 1 rings (SSSR count). The van der Waals surface area contributed by atoms with Crippen molar-refractivity contribution < 1.29 is 9.66 Å². The van der Waals surface area contributed by atoms with E-state index in [0.29, 0.717) is 17.5 Å². The van der Waals surface area contributed by atoms with Crippen molar-refractivity contribution in [3.05, 3.63) is 33.9 Å². The first-order chi connectivity index (χ1) is 7.19. The molecule has 0 aliphatic rings. The van der Waals surface area contributed by atoms with Crippen LogP contribution in [0.15, 0.2) is 18.2 Å². The lowest BCUT2D eigenvalue weighted by molar-refractivity contribution is -0.384. The molecule has 0 bridgehead atoms. The Morgan fingerprint density at radius 3 is 2.87 bits per heavy atom. The number of nitriles is 1. The molecular weight excluding hydrogens is 264 g/mol. The first-order valence-corrected chi connectivity index (χ1v) is 5.18. The number of ether oxygens (including phenoxy) is 1. The summed E-state index contributed by atoms with van der Waals surface area (Å²) in [5, 5.41) is 19.8. The van der Waals surface area contributed by atoms with Gasteiger partial charge in [0.15, 0.2) is 0 Å². The van der Waals surface area contributed by atoms with Crippen LogP contribution in [0.1, 0.15) is 5.56 Å². The second kappa shape index (κ2) is 5.32. The maximum atomic E-state index is 10.5. The zero-order chi connectivity index (χ0) is 11.3. The highest BCUT2D eigenvalue weighted by molar-refractivity contribution is 9.09. The summed E-state index contributed by atoms with van der Waals surface area (Å²) in [5.74, 6) is 0.242. The number of hydrogen-bond acceptors (Lipinski definition) is 4. The third kappa shape index (κ3) is 2.92. The number of halogens is 1. The molecule has 0 N–H and O–H groups in total. The Kier molecular flexibility index (Phi) is 4.06. The average molecular weight is 271 g/mol. The van der Waals surface area contributed by atoms with Crippen LogP contribution in [0, 0.1) is 21.4 Å². The van der Waals surface area contributed by atoms with E-state index in [4.69, 9.17) is 10.00 Å². The van der Waals surface area contributed by atoms with Crippen molar-refractivity contribution in [2.45, 2.75) is 0 Å². The van der Waals surface area contributed by atoms with E-state index in [-0.39, 0.29) is 11.4 Å². The van der Waals surface area contributed by atoms with E-state index in [9.17, 15) is 10.1 Å². The Bertz CT molecular complexity index is 414. The van der Waals surface area contributed by atoms with Crippen molar-refractivity contribution in [3.63, 3.8) is 0 Å². The molecule has 78 valence electrons. The minimum Gasteiger partial charge on any atom is -0.491 e. The Morgan fingerprint density at radius 1 is 1.60 bits per heavy atom. The summed E-state index contributed by atoms with van der Waals surface area (Å²) in [7, 11) is 0. The van der Waals surface area contributed by atoms with Gasteiger partial charge in [-0.3, -0.25) is 10.1 Å². The van der Waals surface area contributed by atoms with E-state index >= 15 is 0 Å². The van der Waals surface area contributed by atoms with Gasteiger partial charge in [-0.15, -0.1) is 0 Å². The number of alkyl halides is 1. The molecule has 0 saturated carbocycles. The third-order valence-electron chi connectivity index (χ3n) is 1.63. The lowest BCUT2D eigenvalue weighted by Crippen LogP contribution is -2.00. The molecule has 0 unspecified atom stereocenters. The van der Waals surface area contributed by atoms with E-state index in [1.165, 1.54) is 18.2 Å². The normalized spacial score (nSPS) is 9.33. The van der Waals surface area contributed by atoms with Crippen LogP contribution in [0.2, 0.25) is 0 Å². The van der Waals surface area contributed by atoms with Crippen LogP contribution in [-0.4, -0.2) is 16.9 Å². The molecule has 0 aromatic heterocycles. The van der Waals surface area contributed by atoms with Gasteiger partial charge in [0.2, 0.25) is 0 Å². The van der Waals surface area contributed by atoms with Gasteiger partial charge >= 0.3 is 0 Å². The largest absolute Gasteiger partial charge is 0.491 e. The van der Waals surface area contributed by atoms with Gasteiger partial charge in [-0.1, -0.05) is 15.9 Å². The minimum atomic E-state index is -0.526. The van der Waals surface area contributed by atoms with Crippen LogP contribution in [-0.2, 0) is 0 Å². The smallest absolute Gasteiger partial charge is 0.273 e. The van der Waals surface area contributed by atoms with Gasteiger partial charge in [0.05, 0.1) is 23.2 Å². The van der Waals surface area contributed by atoms with E-state index in [0.717, 1.165) is 0 Å². The minimum absolute atomic E-state index is 0.0847. The molecular formula is C9H7BrN2O3. The molecule has 0 saturated heterocycles. The van der Waals surface area contributed by atoms with Crippen LogP contribution >= 0.6 is 15.9 Å². The first kappa shape index (κ1) is 11.5. The summed E-state index contributed by atoms with van der Waals surface area (Å²) in [4.78, 5) is 9.96. The number of benzene rings is 1. The fourth-order valence-corrected chi connectivity index (χ4v) is 1.15. The number of hydrogen-bond donors (Lipinski definition) is 0. The van der Waals surface area contributed by atoms with Crippen molar-refractivity contribution in [1.29, 1.82) is 5.26 Å². The SMILES string of the molecule is N#Cc1ccc([N+](=O)[O-])cc1OCCBr. The van der Waals surface area contributed by atoms with Gasteiger partial charge in [-0.25, -0.2) is 0 Å². The monoisotopic (exact) mass is 270 g/mol. The molecule has 0 amide bonds. The van der Waals surface area contributed by atoms with Crippen molar-refractivity contribution in [2.24, 2.45) is 0 Å². The zero-order valence-electron chi connectivity index (χ0n) is 7.64. The lowest BCUT2D eigenvalue weighted by atomic mass is 10.2. The van der Waals surface area contributed by atoms with Crippen molar-refractivity contribution >= 4 is 21.6 Å². The molecule has 0 atom stereocenters. The van der Waals surface area contributed by atoms with Crippen LogP contribution < -0.4 is 4.74 Å². The Balaban J connectivity index is 3.03. The summed E-state index contributed by atoms with van der Waals surface area (Å²) in [6, 6.07) is 5.81. The van der Waals surface area contributed by atoms with E-state index in [2.05, 4.69) is 15.9 Å². The predicted octanol–water partition coefficient (Wildman–Crippen LogP) is 2.24. The van der Waals surface area contributed by atoms with E-state index in [1.54, 1.807) is 0 Å². The summed E-state index contributed by atoms with van der Waals surface area (Å²) < 4.78 is 5.19. The van der Waals surface area contributed by atoms with Crippen molar-refractivity contribution in [3.8, 4) is 11.8 Å². The summed E-state index contributed by atoms with van der Waals surface area (Å²) in [6.07, 6.45) is 0. The highest BCUT2D eigenvalue weighted by Gasteiger charge is 2.11. The molecule has 6 heteroatoms. The zero-order valence-corrected chi connectivity index (χ0v) is 9.23. The summed E-state index contributed by atoms with van der Waals surface area (Å²) >= 11 is 3.16. The van der Waals surface area contributed by atoms with Crippen molar-refractivity contribution in [1.82, 2.24) is 0 Å². The Labute approximate surface area is 94.6 Å². The van der Waals surface area contributed by atoms with Crippen LogP contribution in [0.5, 0.6) is 5.75 Å². The van der Waals surface area contributed by atoms with Gasteiger partial charge in [-0.2, -0.15) is 5.26 Å². The summed E-state index contributed by atoms with van der Waals surface area (Å²) in [5.41, 5.74) is 0.208. The fourth-order valence-electron chi connectivity index (χ4n) is 0.985. The Morgan fingerprint density at radius 2 is 2.33 bits per heavy atom. The molecule has 1 aromatic rings. The van der Waals surface area contributed by atoms with Crippen LogP contribution in [0.3, 0.4) is 0 Å². The number of nitro groups is 1. The molecule has 0 spiro atoms. The number of nitro benzene ring substituents is 1. The average Bonchev–Trinajstić information content (AvgIpc) is 2.25. The summed E-state index contributed by atoms with van der Waals surface area (Å²) in [6.45, 7) is 0.357. The molecule has 0 radical (unpaired) electrons. The maximum Gasteiger partial charge on any atom is 0.273 e. The molecule has 0 aliphatic carbocycles.